The maximum Gasteiger partial charge on any atom is 0.294 e. The lowest BCUT2D eigenvalue weighted by Gasteiger charge is -2.22. The van der Waals surface area contributed by atoms with Crippen molar-refractivity contribution in [2.24, 2.45) is 0 Å². The van der Waals surface area contributed by atoms with Crippen molar-refractivity contribution in [3.8, 4) is 0 Å². The quantitative estimate of drug-likeness (QED) is 0.420. The van der Waals surface area contributed by atoms with Crippen LogP contribution in [0.2, 0.25) is 5.02 Å². The van der Waals surface area contributed by atoms with Crippen molar-refractivity contribution in [2.45, 2.75) is 33.9 Å². The summed E-state index contributed by atoms with van der Waals surface area (Å²) in [7, 11) is 0. The Morgan fingerprint density at radius 2 is 1.71 bits per heavy atom. The van der Waals surface area contributed by atoms with E-state index < -0.39 is 11.5 Å². The minimum atomic E-state index is -0.524. The Morgan fingerprint density at radius 1 is 1.00 bits per heavy atom. The zero-order chi connectivity index (χ0) is 25.1. The van der Waals surface area contributed by atoms with Crippen LogP contribution in [0.15, 0.2) is 71.5 Å². The minimum absolute atomic E-state index is 0.0245. The number of anilines is 2. The molecule has 0 spiro atoms. The first kappa shape index (κ1) is 24.2. The first-order valence-corrected chi connectivity index (χ1v) is 11.5. The third kappa shape index (κ3) is 5.25. The standard InChI is InChI=1S/C27H25ClN4O3/c1-17-11-13-20(14-12-17)15-31(19(3)33)26-27(35)32(24-10-5-4-8-23(24)30-26)16-25(34)29-22-9-6-7-21(28)18(22)2/h4-14H,15-16H2,1-3H3,(H,29,34). The summed E-state index contributed by atoms with van der Waals surface area (Å²) in [6.45, 7) is 5.11. The molecule has 0 saturated carbocycles. The fourth-order valence-electron chi connectivity index (χ4n) is 3.80. The number of halogens is 1. The highest BCUT2D eigenvalue weighted by Crippen LogP contribution is 2.23. The predicted molar refractivity (Wildman–Crippen MR) is 139 cm³/mol. The van der Waals surface area contributed by atoms with Gasteiger partial charge in [0.05, 0.1) is 17.6 Å². The normalized spacial score (nSPS) is 10.9. The van der Waals surface area contributed by atoms with Gasteiger partial charge in [0.25, 0.3) is 5.56 Å². The van der Waals surface area contributed by atoms with E-state index in [2.05, 4.69) is 10.3 Å². The average molecular weight is 489 g/mol. The van der Waals surface area contributed by atoms with Gasteiger partial charge < -0.3 is 5.32 Å². The third-order valence-electron chi connectivity index (χ3n) is 5.78. The highest BCUT2D eigenvalue weighted by molar-refractivity contribution is 6.31. The van der Waals surface area contributed by atoms with E-state index in [0.717, 1.165) is 16.7 Å². The van der Waals surface area contributed by atoms with E-state index in [1.54, 1.807) is 49.4 Å². The highest BCUT2D eigenvalue weighted by Gasteiger charge is 2.22. The number of hydrogen-bond donors (Lipinski definition) is 1. The van der Waals surface area contributed by atoms with Gasteiger partial charge in [-0.15, -0.1) is 0 Å². The second-order valence-corrected chi connectivity index (χ2v) is 8.77. The van der Waals surface area contributed by atoms with Crippen LogP contribution in [0.3, 0.4) is 0 Å². The molecule has 178 valence electrons. The largest absolute Gasteiger partial charge is 0.324 e. The predicted octanol–water partition coefficient (Wildman–Crippen LogP) is 4.86. The molecule has 4 rings (SSSR count). The van der Waals surface area contributed by atoms with Crippen LogP contribution in [-0.4, -0.2) is 21.4 Å². The number of aryl methyl sites for hydroxylation is 1. The van der Waals surface area contributed by atoms with Crippen molar-refractivity contribution in [1.29, 1.82) is 0 Å². The van der Waals surface area contributed by atoms with Crippen LogP contribution >= 0.6 is 11.6 Å². The molecule has 0 aliphatic carbocycles. The fourth-order valence-corrected chi connectivity index (χ4v) is 3.97. The number of hydrogen-bond acceptors (Lipinski definition) is 4. The fraction of sp³-hybridized carbons (Fsp3) is 0.185. The summed E-state index contributed by atoms with van der Waals surface area (Å²) in [6.07, 6.45) is 0. The maximum atomic E-state index is 13.6. The molecule has 0 fully saturated rings. The zero-order valence-electron chi connectivity index (χ0n) is 19.7. The average Bonchev–Trinajstić information content (AvgIpc) is 2.83. The smallest absolute Gasteiger partial charge is 0.294 e. The minimum Gasteiger partial charge on any atom is -0.324 e. The Balaban J connectivity index is 1.74. The summed E-state index contributed by atoms with van der Waals surface area (Å²) < 4.78 is 1.35. The van der Waals surface area contributed by atoms with Gasteiger partial charge in [-0.25, -0.2) is 4.98 Å². The molecule has 1 aromatic heterocycles. The molecular formula is C27H25ClN4O3. The summed E-state index contributed by atoms with van der Waals surface area (Å²) in [6, 6.07) is 20.0. The van der Waals surface area contributed by atoms with Crippen molar-refractivity contribution < 1.29 is 9.59 Å². The van der Waals surface area contributed by atoms with E-state index in [9.17, 15) is 14.4 Å². The van der Waals surface area contributed by atoms with E-state index in [-0.39, 0.29) is 24.8 Å². The third-order valence-corrected chi connectivity index (χ3v) is 6.19. The number of nitrogens with one attached hydrogen (secondary N) is 1. The van der Waals surface area contributed by atoms with Gasteiger partial charge in [-0.2, -0.15) is 0 Å². The van der Waals surface area contributed by atoms with Crippen molar-refractivity contribution in [1.82, 2.24) is 9.55 Å². The molecule has 0 atom stereocenters. The maximum absolute atomic E-state index is 13.6. The summed E-state index contributed by atoms with van der Waals surface area (Å²) in [5.74, 6) is -0.743. The molecule has 0 bridgehead atoms. The monoisotopic (exact) mass is 488 g/mol. The van der Waals surface area contributed by atoms with Crippen LogP contribution in [0.1, 0.15) is 23.6 Å². The molecule has 7 nitrogen and oxygen atoms in total. The number of aromatic nitrogens is 2. The number of para-hydroxylation sites is 2. The lowest BCUT2D eigenvalue weighted by molar-refractivity contribution is -0.117. The highest BCUT2D eigenvalue weighted by atomic mass is 35.5. The Bertz CT molecular complexity index is 1480. The molecule has 8 heteroatoms. The molecule has 2 amide bonds. The molecule has 0 aliphatic rings. The first-order valence-electron chi connectivity index (χ1n) is 11.1. The Morgan fingerprint density at radius 3 is 2.43 bits per heavy atom. The van der Waals surface area contributed by atoms with E-state index in [1.165, 1.54) is 16.4 Å². The molecule has 4 aromatic rings. The lowest BCUT2D eigenvalue weighted by atomic mass is 10.1. The van der Waals surface area contributed by atoms with Gasteiger partial charge in [-0.1, -0.05) is 59.6 Å². The van der Waals surface area contributed by atoms with Gasteiger partial charge in [0, 0.05) is 17.6 Å². The first-order chi connectivity index (χ1) is 16.7. The van der Waals surface area contributed by atoms with Gasteiger partial charge in [-0.05, 0) is 49.2 Å². The molecule has 3 aromatic carbocycles. The number of rotatable bonds is 6. The van der Waals surface area contributed by atoms with E-state index in [1.807, 2.05) is 31.2 Å². The van der Waals surface area contributed by atoms with Crippen LogP contribution in [0.25, 0.3) is 11.0 Å². The number of carbonyl (C=O) groups excluding carboxylic acids is 2. The van der Waals surface area contributed by atoms with Crippen molar-refractivity contribution in [3.63, 3.8) is 0 Å². The van der Waals surface area contributed by atoms with E-state index in [4.69, 9.17) is 11.6 Å². The number of nitrogens with zero attached hydrogens (tertiary/aromatic N) is 3. The molecule has 0 unspecified atom stereocenters. The van der Waals surface area contributed by atoms with Crippen LogP contribution in [0, 0.1) is 13.8 Å². The van der Waals surface area contributed by atoms with Gasteiger partial charge in [0.1, 0.15) is 6.54 Å². The van der Waals surface area contributed by atoms with Crippen LogP contribution in [0.4, 0.5) is 11.5 Å². The summed E-state index contributed by atoms with van der Waals surface area (Å²) in [5.41, 5.74) is 3.73. The van der Waals surface area contributed by atoms with Crippen LogP contribution in [0.5, 0.6) is 0 Å². The molecule has 0 aliphatic heterocycles. The number of fused-ring (bicyclic) bond motifs is 1. The van der Waals surface area contributed by atoms with Crippen molar-refractivity contribution >= 4 is 46.0 Å². The lowest BCUT2D eigenvalue weighted by Crippen LogP contribution is -2.38. The van der Waals surface area contributed by atoms with Gasteiger partial charge in [0.2, 0.25) is 17.6 Å². The summed E-state index contributed by atoms with van der Waals surface area (Å²) in [4.78, 5) is 45.0. The van der Waals surface area contributed by atoms with E-state index >= 15 is 0 Å². The Kier molecular flexibility index (Phi) is 6.98. The number of benzene rings is 3. The second-order valence-electron chi connectivity index (χ2n) is 8.37. The van der Waals surface area contributed by atoms with Gasteiger partial charge in [-0.3, -0.25) is 23.9 Å². The molecule has 35 heavy (non-hydrogen) atoms. The molecule has 0 radical (unpaired) electrons. The van der Waals surface area contributed by atoms with Gasteiger partial charge >= 0.3 is 0 Å². The molecule has 1 heterocycles. The van der Waals surface area contributed by atoms with Crippen molar-refractivity contribution in [2.75, 3.05) is 10.2 Å². The Hall–Kier alpha value is -3.97. The SMILES string of the molecule is CC(=O)N(Cc1ccc(C)cc1)c1nc2ccccc2n(CC(=O)Nc2cccc(Cl)c2C)c1=O. The van der Waals surface area contributed by atoms with Crippen molar-refractivity contribution in [3.05, 3.63) is 98.8 Å². The molecule has 1 N–H and O–H groups in total. The van der Waals surface area contributed by atoms with Crippen LogP contribution in [-0.2, 0) is 22.7 Å². The van der Waals surface area contributed by atoms with Gasteiger partial charge in [0.15, 0.2) is 0 Å². The summed E-state index contributed by atoms with van der Waals surface area (Å²) in [5, 5.41) is 3.36. The second kappa shape index (κ2) is 10.1. The van der Waals surface area contributed by atoms with E-state index in [0.29, 0.717) is 21.7 Å². The number of carbonyl (C=O) groups is 2. The molecule has 0 saturated heterocycles. The topological polar surface area (TPSA) is 84.3 Å². The molecular weight excluding hydrogens is 464 g/mol. The Labute approximate surface area is 208 Å². The number of amides is 2. The summed E-state index contributed by atoms with van der Waals surface area (Å²) >= 11 is 6.17. The zero-order valence-corrected chi connectivity index (χ0v) is 20.5. The van der Waals surface area contributed by atoms with Crippen LogP contribution < -0.4 is 15.8 Å².